The Balaban J connectivity index is 1.41. The van der Waals surface area contributed by atoms with Crippen LogP contribution in [0.2, 0.25) is 0 Å². The van der Waals surface area contributed by atoms with Crippen LogP contribution >= 0.6 is 0 Å². The molecule has 1 unspecified atom stereocenters. The van der Waals surface area contributed by atoms with Gasteiger partial charge >= 0.3 is 5.97 Å². The van der Waals surface area contributed by atoms with Crippen LogP contribution in [-0.2, 0) is 23.9 Å². The van der Waals surface area contributed by atoms with Crippen LogP contribution in [0.1, 0.15) is 40.0 Å². The molecule has 11 nitrogen and oxygen atoms in total. The van der Waals surface area contributed by atoms with Crippen LogP contribution in [0.5, 0.6) is 5.75 Å². The molecule has 1 fully saturated rings. The second-order valence-corrected chi connectivity index (χ2v) is 7.26. The number of amides is 4. The standard InChI is InChI=1S/C22H24N2O9/c25-18-7-6-17(20(28)23-18)24-21(29)15-5-4-14(13-16(15)22(24)30)33-12-11-32-10-9-31-8-2-1-3-19(26)27/h1,3-5,13,17H,2,6-12H2,(H,26,27)(H,23,25,28)/b3-1+. The van der Waals surface area contributed by atoms with Gasteiger partial charge in [0.2, 0.25) is 11.8 Å². The number of aliphatic carboxylic acids is 1. The summed E-state index contributed by atoms with van der Waals surface area (Å²) in [7, 11) is 0. The summed E-state index contributed by atoms with van der Waals surface area (Å²) in [5.74, 6) is -2.87. The number of carboxylic acids is 1. The van der Waals surface area contributed by atoms with Crippen molar-refractivity contribution in [3.63, 3.8) is 0 Å². The Hall–Kier alpha value is -3.57. The third kappa shape index (κ3) is 6.24. The van der Waals surface area contributed by atoms with Gasteiger partial charge in [-0.1, -0.05) is 6.08 Å². The van der Waals surface area contributed by atoms with Gasteiger partial charge in [-0.05, 0) is 31.0 Å². The lowest BCUT2D eigenvalue weighted by Gasteiger charge is -2.27. The molecule has 0 aromatic heterocycles. The molecule has 1 aromatic rings. The molecular formula is C22H24N2O9. The highest BCUT2D eigenvalue weighted by Crippen LogP contribution is 2.30. The molecule has 0 aliphatic carbocycles. The summed E-state index contributed by atoms with van der Waals surface area (Å²) in [6.45, 7) is 1.56. The molecule has 0 radical (unpaired) electrons. The zero-order chi connectivity index (χ0) is 23.8. The van der Waals surface area contributed by atoms with Crippen molar-refractivity contribution in [2.75, 3.05) is 33.0 Å². The summed E-state index contributed by atoms with van der Waals surface area (Å²) in [5.41, 5.74) is 0.331. The Morgan fingerprint density at radius 2 is 1.73 bits per heavy atom. The number of imide groups is 2. The molecule has 2 aliphatic rings. The van der Waals surface area contributed by atoms with Gasteiger partial charge in [0.15, 0.2) is 0 Å². The Morgan fingerprint density at radius 1 is 1.03 bits per heavy atom. The second kappa shape index (κ2) is 11.3. The lowest BCUT2D eigenvalue weighted by Crippen LogP contribution is -2.54. The third-order valence-electron chi connectivity index (χ3n) is 4.97. The van der Waals surface area contributed by atoms with E-state index >= 15 is 0 Å². The van der Waals surface area contributed by atoms with Gasteiger partial charge in [-0.2, -0.15) is 0 Å². The smallest absolute Gasteiger partial charge is 0.327 e. The van der Waals surface area contributed by atoms with Crippen molar-refractivity contribution >= 4 is 29.6 Å². The Labute approximate surface area is 189 Å². The zero-order valence-electron chi connectivity index (χ0n) is 17.8. The number of benzene rings is 1. The molecular weight excluding hydrogens is 436 g/mol. The first-order valence-electron chi connectivity index (χ1n) is 10.4. The van der Waals surface area contributed by atoms with Gasteiger partial charge in [0.05, 0.1) is 37.6 Å². The predicted octanol–water partition coefficient (Wildman–Crippen LogP) is 0.531. The van der Waals surface area contributed by atoms with E-state index in [1.54, 1.807) is 6.07 Å². The molecule has 176 valence electrons. The molecule has 1 saturated heterocycles. The molecule has 2 aliphatic heterocycles. The topological polar surface area (TPSA) is 149 Å². The van der Waals surface area contributed by atoms with Crippen LogP contribution in [0.4, 0.5) is 0 Å². The van der Waals surface area contributed by atoms with Gasteiger partial charge in [0.1, 0.15) is 18.4 Å². The van der Waals surface area contributed by atoms with E-state index in [0.29, 0.717) is 32.0 Å². The molecule has 0 saturated carbocycles. The summed E-state index contributed by atoms with van der Waals surface area (Å²) in [6.07, 6.45) is 3.22. The molecule has 11 heteroatoms. The third-order valence-corrected chi connectivity index (χ3v) is 4.97. The van der Waals surface area contributed by atoms with Crippen molar-refractivity contribution in [3.05, 3.63) is 41.5 Å². The SMILES string of the molecule is O=C(O)/C=C/CCOCCOCCOc1ccc2c(c1)C(=O)N(C1CCC(=O)NC1=O)C2=O. The number of carbonyl (C=O) groups excluding carboxylic acids is 4. The highest BCUT2D eigenvalue weighted by atomic mass is 16.5. The van der Waals surface area contributed by atoms with E-state index in [1.807, 2.05) is 0 Å². The van der Waals surface area contributed by atoms with Crippen molar-refractivity contribution in [2.45, 2.75) is 25.3 Å². The number of fused-ring (bicyclic) bond motifs is 1. The fourth-order valence-corrected chi connectivity index (χ4v) is 3.42. The van der Waals surface area contributed by atoms with Crippen LogP contribution in [0.3, 0.4) is 0 Å². The summed E-state index contributed by atoms with van der Waals surface area (Å²) in [6, 6.07) is 3.48. The molecule has 2 N–H and O–H groups in total. The molecule has 1 atom stereocenters. The minimum Gasteiger partial charge on any atom is -0.491 e. The maximum Gasteiger partial charge on any atom is 0.327 e. The predicted molar refractivity (Wildman–Crippen MR) is 112 cm³/mol. The number of carbonyl (C=O) groups is 5. The molecule has 2 heterocycles. The molecule has 1 aromatic carbocycles. The second-order valence-electron chi connectivity index (χ2n) is 7.26. The van der Waals surface area contributed by atoms with Crippen LogP contribution in [0.25, 0.3) is 0 Å². The first-order chi connectivity index (χ1) is 15.9. The molecule has 3 rings (SSSR count). The Bertz CT molecular complexity index is 973. The maximum atomic E-state index is 12.8. The van der Waals surface area contributed by atoms with Crippen molar-refractivity contribution in [3.8, 4) is 5.75 Å². The lowest BCUT2D eigenvalue weighted by molar-refractivity contribution is -0.136. The number of hydrogen-bond acceptors (Lipinski definition) is 8. The van der Waals surface area contributed by atoms with Crippen molar-refractivity contribution in [1.29, 1.82) is 0 Å². The van der Waals surface area contributed by atoms with E-state index in [1.165, 1.54) is 18.2 Å². The van der Waals surface area contributed by atoms with Crippen LogP contribution < -0.4 is 10.1 Å². The first kappa shape index (κ1) is 24.1. The minimum absolute atomic E-state index is 0.0605. The van der Waals surface area contributed by atoms with Gasteiger partial charge in [0, 0.05) is 12.5 Å². The number of nitrogens with one attached hydrogen (secondary N) is 1. The average Bonchev–Trinajstić information content (AvgIpc) is 3.02. The lowest BCUT2D eigenvalue weighted by atomic mass is 10.0. The van der Waals surface area contributed by atoms with Gasteiger partial charge in [-0.15, -0.1) is 0 Å². The van der Waals surface area contributed by atoms with Gasteiger partial charge < -0.3 is 19.3 Å². The number of carboxylic acid groups (broad SMARTS) is 1. The summed E-state index contributed by atoms with van der Waals surface area (Å²) in [5, 5.41) is 10.6. The number of ether oxygens (including phenoxy) is 3. The monoisotopic (exact) mass is 460 g/mol. The number of hydrogen-bond donors (Lipinski definition) is 2. The number of piperidine rings is 1. The van der Waals surface area contributed by atoms with Gasteiger partial charge in [-0.25, -0.2) is 4.79 Å². The fraction of sp³-hybridized carbons (Fsp3) is 0.409. The van der Waals surface area contributed by atoms with Gasteiger partial charge in [0.25, 0.3) is 11.8 Å². The van der Waals surface area contributed by atoms with Crippen molar-refractivity contribution in [1.82, 2.24) is 10.2 Å². The van der Waals surface area contributed by atoms with E-state index in [-0.39, 0.29) is 37.2 Å². The molecule has 4 amide bonds. The van der Waals surface area contributed by atoms with E-state index in [2.05, 4.69) is 5.32 Å². The van der Waals surface area contributed by atoms with Crippen molar-refractivity contribution in [2.24, 2.45) is 0 Å². The highest BCUT2D eigenvalue weighted by molar-refractivity contribution is 6.23. The first-order valence-corrected chi connectivity index (χ1v) is 10.4. The minimum atomic E-state index is -1.01. The maximum absolute atomic E-state index is 12.8. The average molecular weight is 460 g/mol. The summed E-state index contributed by atoms with van der Waals surface area (Å²) >= 11 is 0. The Morgan fingerprint density at radius 3 is 2.45 bits per heavy atom. The van der Waals surface area contributed by atoms with E-state index in [9.17, 15) is 24.0 Å². The normalized spacial score (nSPS) is 18.1. The number of rotatable bonds is 12. The zero-order valence-corrected chi connectivity index (χ0v) is 17.8. The van der Waals surface area contributed by atoms with E-state index in [4.69, 9.17) is 19.3 Å². The van der Waals surface area contributed by atoms with Crippen molar-refractivity contribution < 1.29 is 43.3 Å². The molecule has 0 bridgehead atoms. The van der Waals surface area contributed by atoms with Crippen LogP contribution in [0.15, 0.2) is 30.4 Å². The molecule has 0 spiro atoms. The van der Waals surface area contributed by atoms with E-state index in [0.717, 1.165) is 11.0 Å². The van der Waals surface area contributed by atoms with Crippen LogP contribution in [0, 0.1) is 0 Å². The number of nitrogens with zero attached hydrogens (tertiary/aromatic N) is 1. The summed E-state index contributed by atoms with van der Waals surface area (Å²) < 4.78 is 16.3. The summed E-state index contributed by atoms with van der Waals surface area (Å²) in [4.78, 5) is 60.1. The fourth-order valence-electron chi connectivity index (χ4n) is 3.42. The molecule has 33 heavy (non-hydrogen) atoms. The van der Waals surface area contributed by atoms with Gasteiger partial charge in [-0.3, -0.25) is 29.4 Å². The largest absolute Gasteiger partial charge is 0.491 e. The van der Waals surface area contributed by atoms with Crippen LogP contribution in [-0.4, -0.2) is 78.7 Å². The highest BCUT2D eigenvalue weighted by Gasteiger charge is 2.44. The van der Waals surface area contributed by atoms with E-state index < -0.39 is 35.6 Å². The Kier molecular flexibility index (Phi) is 8.28. The quantitative estimate of drug-likeness (QED) is 0.259.